The minimum absolute atomic E-state index is 0.0315. The zero-order chi connectivity index (χ0) is 13.0. The zero-order valence-electron chi connectivity index (χ0n) is 9.70. The van der Waals surface area contributed by atoms with E-state index in [0.29, 0.717) is 4.47 Å². The molecule has 1 aromatic heterocycles. The number of thiophene rings is 1. The molecule has 0 saturated carbocycles. The van der Waals surface area contributed by atoms with Crippen molar-refractivity contribution < 1.29 is 4.39 Å². The first-order chi connectivity index (χ1) is 8.70. The van der Waals surface area contributed by atoms with Gasteiger partial charge in [0.05, 0.1) is 4.47 Å². The number of aryl methyl sites for hydroxylation is 1. The number of halogens is 2. The Morgan fingerprint density at radius 2 is 2.22 bits per heavy atom. The van der Waals surface area contributed by atoms with E-state index in [-0.39, 0.29) is 11.9 Å². The summed E-state index contributed by atoms with van der Waals surface area (Å²) < 4.78 is 13.6. The predicted octanol–water partition coefficient (Wildman–Crippen LogP) is 3.79. The molecule has 2 rings (SSSR count). The summed E-state index contributed by atoms with van der Waals surface area (Å²) >= 11 is 4.93. The second kappa shape index (κ2) is 6.43. The van der Waals surface area contributed by atoms with Gasteiger partial charge in [0.1, 0.15) is 5.82 Å². The summed E-state index contributed by atoms with van der Waals surface area (Å²) in [6, 6.07) is 9.17. The summed E-state index contributed by atoms with van der Waals surface area (Å²) in [4.78, 5) is 1.33. The van der Waals surface area contributed by atoms with Crippen LogP contribution >= 0.6 is 27.3 Å². The molecule has 0 amide bonds. The summed E-state index contributed by atoms with van der Waals surface area (Å²) in [6.07, 6.45) is 1.84. The van der Waals surface area contributed by atoms with Gasteiger partial charge in [0.25, 0.3) is 0 Å². The van der Waals surface area contributed by atoms with E-state index in [1.807, 2.05) is 6.07 Å². The van der Waals surface area contributed by atoms with E-state index in [4.69, 9.17) is 5.84 Å². The molecule has 0 radical (unpaired) electrons. The van der Waals surface area contributed by atoms with Gasteiger partial charge in [-0.05, 0) is 57.9 Å². The smallest absolute Gasteiger partial charge is 0.137 e. The lowest BCUT2D eigenvalue weighted by Gasteiger charge is -2.16. The summed E-state index contributed by atoms with van der Waals surface area (Å²) in [5, 5.41) is 2.06. The third-order valence-corrected chi connectivity index (χ3v) is 4.35. The van der Waals surface area contributed by atoms with E-state index < -0.39 is 0 Å². The summed E-state index contributed by atoms with van der Waals surface area (Å²) in [6.45, 7) is 0. The van der Waals surface area contributed by atoms with Crippen LogP contribution in [-0.4, -0.2) is 0 Å². The Bertz CT molecular complexity index is 502. The maximum atomic E-state index is 13.2. The van der Waals surface area contributed by atoms with Crippen molar-refractivity contribution in [3.8, 4) is 0 Å². The molecule has 18 heavy (non-hydrogen) atoms. The molecular weight excluding hydrogens is 315 g/mol. The van der Waals surface area contributed by atoms with Gasteiger partial charge in [-0.25, -0.2) is 4.39 Å². The van der Waals surface area contributed by atoms with Gasteiger partial charge in [-0.1, -0.05) is 12.1 Å². The van der Waals surface area contributed by atoms with Gasteiger partial charge in [-0.15, -0.1) is 11.3 Å². The lowest BCUT2D eigenvalue weighted by Crippen LogP contribution is -2.28. The Balaban J connectivity index is 2.05. The quantitative estimate of drug-likeness (QED) is 0.647. The predicted molar refractivity (Wildman–Crippen MR) is 76.8 cm³/mol. The number of nitrogens with one attached hydrogen (secondary N) is 1. The minimum atomic E-state index is -0.257. The molecule has 0 aliphatic carbocycles. The molecule has 1 heterocycles. The van der Waals surface area contributed by atoms with Crippen molar-refractivity contribution >= 4 is 27.3 Å². The Morgan fingerprint density at radius 1 is 1.39 bits per heavy atom. The molecular formula is C13H14BrFN2S. The van der Waals surface area contributed by atoms with E-state index in [0.717, 1.165) is 18.4 Å². The van der Waals surface area contributed by atoms with Crippen LogP contribution in [0.3, 0.4) is 0 Å². The van der Waals surface area contributed by atoms with Crippen molar-refractivity contribution in [1.82, 2.24) is 5.43 Å². The van der Waals surface area contributed by atoms with Crippen molar-refractivity contribution in [2.45, 2.75) is 18.9 Å². The Kier molecular flexibility index (Phi) is 4.88. The van der Waals surface area contributed by atoms with Gasteiger partial charge in [-0.2, -0.15) is 0 Å². The highest BCUT2D eigenvalue weighted by Crippen LogP contribution is 2.24. The molecule has 5 heteroatoms. The SMILES string of the molecule is NNC(CCc1cccs1)c1ccc(F)c(Br)c1. The van der Waals surface area contributed by atoms with E-state index >= 15 is 0 Å². The van der Waals surface area contributed by atoms with Crippen LogP contribution in [0.1, 0.15) is 22.9 Å². The van der Waals surface area contributed by atoms with E-state index in [2.05, 4.69) is 32.8 Å². The molecule has 1 aromatic carbocycles. The molecule has 0 saturated heterocycles. The lowest BCUT2D eigenvalue weighted by atomic mass is 10.0. The summed E-state index contributed by atoms with van der Waals surface area (Å²) in [5.74, 6) is 5.32. The van der Waals surface area contributed by atoms with Gasteiger partial charge in [0.2, 0.25) is 0 Å². The fourth-order valence-electron chi connectivity index (χ4n) is 1.82. The highest BCUT2D eigenvalue weighted by molar-refractivity contribution is 9.10. The van der Waals surface area contributed by atoms with Crippen LogP contribution in [-0.2, 0) is 6.42 Å². The van der Waals surface area contributed by atoms with Crippen LogP contribution in [0.4, 0.5) is 4.39 Å². The van der Waals surface area contributed by atoms with Gasteiger partial charge >= 0.3 is 0 Å². The number of nitrogens with two attached hydrogens (primary N) is 1. The third-order valence-electron chi connectivity index (χ3n) is 2.81. The molecule has 0 fully saturated rings. The van der Waals surface area contributed by atoms with Gasteiger partial charge in [0, 0.05) is 10.9 Å². The molecule has 0 aliphatic rings. The van der Waals surface area contributed by atoms with Crippen LogP contribution in [0.5, 0.6) is 0 Å². The number of hydrogen-bond donors (Lipinski definition) is 2. The normalized spacial score (nSPS) is 12.6. The van der Waals surface area contributed by atoms with Crippen LogP contribution in [0.25, 0.3) is 0 Å². The van der Waals surface area contributed by atoms with Gasteiger partial charge in [0.15, 0.2) is 0 Å². The highest BCUT2D eigenvalue weighted by atomic mass is 79.9. The fourth-order valence-corrected chi connectivity index (χ4v) is 2.94. The molecule has 2 nitrogen and oxygen atoms in total. The second-order valence-electron chi connectivity index (χ2n) is 4.01. The first-order valence-electron chi connectivity index (χ1n) is 5.64. The highest BCUT2D eigenvalue weighted by Gasteiger charge is 2.12. The molecule has 0 spiro atoms. The molecule has 0 bridgehead atoms. The summed E-state index contributed by atoms with van der Waals surface area (Å²) in [7, 11) is 0. The van der Waals surface area contributed by atoms with Crippen molar-refractivity contribution in [3.05, 3.63) is 56.4 Å². The van der Waals surface area contributed by atoms with Crippen molar-refractivity contribution in [3.63, 3.8) is 0 Å². The van der Waals surface area contributed by atoms with Gasteiger partial charge < -0.3 is 0 Å². The van der Waals surface area contributed by atoms with Crippen molar-refractivity contribution in [2.24, 2.45) is 5.84 Å². The average Bonchev–Trinajstić information content (AvgIpc) is 2.87. The Hall–Kier alpha value is -0.750. The topological polar surface area (TPSA) is 38.0 Å². The van der Waals surface area contributed by atoms with Crippen LogP contribution < -0.4 is 11.3 Å². The number of hydrazine groups is 1. The molecule has 1 atom stereocenters. The lowest BCUT2D eigenvalue weighted by molar-refractivity contribution is 0.516. The monoisotopic (exact) mass is 328 g/mol. The largest absolute Gasteiger partial charge is 0.271 e. The van der Waals surface area contributed by atoms with Crippen LogP contribution in [0.15, 0.2) is 40.2 Å². The fraction of sp³-hybridized carbons (Fsp3) is 0.231. The first kappa shape index (κ1) is 13.7. The second-order valence-corrected chi connectivity index (χ2v) is 5.90. The first-order valence-corrected chi connectivity index (χ1v) is 7.31. The molecule has 0 aliphatic heterocycles. The van der Waals surface area contributed by atoms with Crippen molar-refractivity contribution in [1.29, 1.82) is 0 Å². The third kappa shape index (κ3) is 3.38. The van der Waals surface area contributed by atoms with Crippen LogP contribution in [0, 0.1) is 5.82 Å². The number of rotatable bonds is 5. The minimum Gasteiger partial charge on any atom is -0.271 e. The summed E-state index contributed by atoms with van der Waals surface area (Å²) in [5.41, 5.74) is 3.78. The molecule has 96 valence electrons. The van der Waals surface area contributed by atoms with E-state index in [9.17, 15) is 4.39 Å². The maximum Gasteiger partial charge on any atom is 0.137 e. The molecule has 1 unspecified atom stereocenters. The van der Waals surface area contributed by atoms with Gasteiger partial charge in [-0.3, -0.25) is 11.3 Å². The van der Waals surface area contributed by atoms with E-state index in [1.165, 1.54) is 10.9 Å². The Morgan fingerprint density at radius 3 is 2.83 bits per heavy atom. The Labute approximate surface area is 118 Å². The van der Waals surface area contributed by atoms with Crippen molar-refractivity contribution in [2.75, 3.05) is 0 Å². The number of hydrogen-bond acceptors (Lipinski definition) is 3. The number of benzene rings is 1. The molecule has 2 aromatic rings. The van der Waals surface area contributed by atoms with E-state index in [1.54, 1.807) is 23.5 Å². The van der Waals surface area contributed by atoms with Crippen LogP contribution in [0.2, 0.25) is 0 Å². The average molecular weight is 329 g/mol. The zero-order valence-corrected chi connectivity index (χ0v) is 12.1. The maximum absolute atomic E-state index is 13.2. The standard InChI is InChI=1S/C13H14BrFN2S/c14-11-8-9(3-5-12(11)15)13(17-16)6-4-10-2-1-7-18-10/h1-3,5,7-8,13,17H,4,6,16H2. The molecule has 3 N–H and O–H groups in total.